The third-order valence-electron chi connectivity index (χ3n) is 11.1. The van der Waals surface area contributed by atoms with E-state index in [1.165, 1.54) is 193 Å². The van der Waals surface area contributed by atoms with E-state index >= 15 is 0 Å². The van der Waals surface area contributed by atoms with Crippen LogP contribution in [0.25, 0.3) is 0 Å². The summed E-state index contributed by atoms with van der Waals surface area (Å²) in [7, 11) is 0. The van der Waals surface area contributed by atoms with Crippen LogP contribution in [-0.2, 0) is 4.79 Å². The molecular weight excluding hydrogens is 643 g/mol. The van der Waals surface area contributed by atoms with Crippen molar-refractivity contribution in [1.82, 2.24) is 5.32 Å². The number of aliphatic hydroxyl groups is 3. The molecule has 0 aliphatic rings. The summed E-state index contributed by atoms with van der Waals surface area (Å²) in [5, 5.41) is 33.6. The first-order chi connectivity index (χ1) is 25.6. The van der Waals surface area contributed by atoms with Gasteiger partial charge in [0.2, 0.25) is 5.91 Å². The highest BCUT2D eigenvalue weighted by Gasteiger charge is 2.26. The number of nitrogens with one attached hydrogen (secondary N) is 1. The van der Waals surface area contributed by atoms with Crippen molar-refractivity contribution >= 4 is 5.91 Å². The number of rotatable bonds is 43. The second-order valence-corrected chi connectivity index (χ2v) is 16.3. The van der Waals surface area contributed by atoms with Gasteiger partial charge >= 0.3 is 0 Å². The highest BCUT2D eigenvalue weighted by Crippen LogP contribution is 2.17. The van der Waals surface area contributed by atoms with E-state index in [-0.39, 0.29) is 12.5 Å². The first kappa shape index (κ1) is 51.1. The number of carbonyl (C=O) groups excluding carboxylic acids is 1. The highest BCUT2D eigenvalue weighted by atomic mass is 16.3. The summed E-state index contributed by atoms with van der Waals surface area (Å²) in [6.45, 7) is 4.19. The van der Waals surface area contributed by atoms with Crippen LogP contribution in [0.2, 0.25) is 0 Å². The Labute approximate surface area is 325 Å². The predicted molar refractivity (Wildman–Crippen MR) is 227 cm³/mol. The number of hydrogen-bond acceptors (Lipinski definition) is 4. The van der Waals surface area contributed by atoms with Crippen molar-refractivity contribution in [1.29, 1.82) is 0 Å². The lowest BCUT2D eigenvalue weighted by molar-refractivity contribution is -0.124. The van der Waals surface area contributed by atoms with Crippen molar-refractivity contribution in [2.75, 3.05) is 6.61 Å². The second kappa shape index (κ2) is 42.8. The molecule has 3 unspecified atom stereocenters. The summed E-state index contributed by atoms with van der Waals surface area (Å²) >= 11 is 0. The Hall–Kier alpha value is -0.910. The number of hydrogen-bond donors (Lipinski definition) is 4. The fourth-order valence-corrected chi connectivity index (χ4v) is 7.46. The Bertz CT molecular complexity index is 728. The highest BCUT2D eigenvalue weighted by molar-refractivity contribution is 5.76. The lowest BCUT2D eigenvalue weighted by Gasteiger charge is -2.26. The first-order valence-electron chi connectivity index (χ1n) is 23.5. The van der Waals surface area contributed by atoms with Crippen molar-refractivity contribution in [2.24, 2.45) is 0 Å². The van der Waals surface area contributed by atoms with Gasteiger partial charge in [-0.15, -0.1) is 0 Å². The van der Waals surface area contributed by atoms with Gasteiger partial charge in [-0.25, -0.2) is 0 Å². The van der Waals surface area contributed by atoms with Crippen LogP contribution in [0.3, 0.4) is 0 Å². The summed E-state index contributed by atoms with van der Waals surface area (Å²) in [6, 6.07) is -0.821. The van der Waals surface area contributed by atoms with Crippen LogP contribution in [0.15, 0.2) is 12.2 Å². The minimum absolute atomic E-state index is 0.149. The predicted octanol–water partition coefficient (Wildman–Crippen LogP) is 13.6. The summed E-state index contributed by atoms with van der Waals surface area (Å²) in [6.07, 6.45) is 50.4. The zero-order chi connectivity index (χ0) is 38.0. The van der Waals surface area contributed by atoms with Crippen LogP contribution in [0.5, 0.6) is 0 Å². The molecule has 0 aromatic heterocycles. The van der Waals surface area contributed by atoms with Crippen molar-refractivity contribution in [3.63, 3.8) is 0 Å². The fraction of sp³-hybridized carbons (Fsp3) is 0.936. The van der Waals surface area contributed by atoms with Crippen LogP contribution in [0.1, 0.15) is 258 Å². The van der Waals surface area contributed by atoms with Gasteiger partial charge in [0.25, 0.3) is 0 Å². The van der Waals surface area contributed by atoms with Crippen molar-refractivity contribution in [3.05, 3.63) is 12.2 Å². The molecule has 0 saturated carbocycles. The molecular formula is C47H93NO4. The number of unbranched alkanes of at least 4 members (excludes halogenated alkanes) is 33. The van der Waals surface area contributed by atoms with E-state index in [1.807, 2.05) is 0 Å². The van der Waals surface area contributed by atoms with Crippen LogP contribution in [0.4, 0.5) is 0 Å². The molecule has 4 N–H and O–H groups in total. The molecule has 5 heteroatoms. The summed E-state index contributed by atoms with van der Waals surface area (Å²) in [4.78, 5) is 12.4. The molecule has 0 saturated heterocycles. The number of aliphatic hydroxyl groups excluding tert-OH is 3. The first-order valence-corrected chi connectivity index (χ1v) is 23.5. The zero-order valence-electron chi connectivity index (χ0n) is 35.2. The maximum atomic E-state index is 12.4. The Balaban J connectivity index is 3.61. The van der Waals surface area contributed by atoms with E-state index in [2.05, 4.69) is 31.3 Å². The third-order valence-corrected chi connectivity index (χ3v) is 11.1. The van der Waals surface area contributed by atoms with Gasteiger partial charge in [0, 0.05) is 6.42 Å². The van der Waals surface area contributed by atoms with Gasteiger partial charge < -0.3 is 20.6 Å². The molecule has 0 fully saturated rings. The summed E-state index contributed by atoms with van der Waals surface area (Å²) in [5.41, 5.74) is 0. The minimum atomic E-state index is -1.15. The lowest BCUT2D eigenvalue weighted by atomic mass is 10.0. The van der Waals surface area contributed by atoms with E-state index in [1.54, 1.807) is 0 Å². The van der Waals surface area contributed by atoms with Gasteiger partial charge in [0.15, 0.2) is 0 Å². The summed E-state index contributed by atoms with van der Waals surface area (Å²) < 4.78 is 0. The van der Waals surface area contributed by atoms with Crippen LogP contribution in [-0.4, -0.2) is 46.1 Å². The summed E-state index contributed by atoms with van der Waals surface area (Å²) in [5.74, 6) is -0.149. The van der Waals surface area contributed by atoms with E-state index in [0.717, 1.165) is 38.5 Å². The molecule has 310 valence electrons. The molecule has 0 aliphatic heterocycles. The van der Waals surface area contributed by atoms with Gasteiger partial charge in [-0.05, 0) is 38.5 Å². The van der Waals surface area contributed by atoms with Gasteiger partial charge in [0.05, 0.1) is 18.8 Å². The molecule has 3 atom stereocenters. The van der Waals surface area contributed by atoms with Crippen molar-refractivity contribution in [2.45, 2.75) is 276 Å². The number of amides is 1. The largest absolute Gasteiger partial charge is 0.394 e. The Kier molecular flexibility index (Phi) is 42.1. The van der Waals surface area contributed by atoms with Crippen molar-refractivity contribution < 1.29 is 20.1 Å². The van der Waals surface area contributed by atoms with Gasteiger partial charge in [-0.2, -0.15) is 0 Å². The lowest BCUT2D eigenvalue weighted by Crippen LogP contribution is -2.50. The monoisotopic (exact) mass is 736 g/mol. The third kappa shape index (κ3) is 37.4. The molecule has 1 amide bonds. The normalized spacial score (nSPS) is 13.6. The standard InChI is InChI=1S/C47H93NO4/c1-3-5-7-9-11-13-15-17-19-21-23-24-26-28-30-32-34-36-38-40-42-46(51)48-44(43-49)47(52)45(50)41-39-37-35-33-31-29-27-25-22-20-18-16-14-12-10-8-6-4-2/h33,35,44-45,47,49-50,52H,3-32,34,36-43H2,1-2H3,(H,48,51)/b35-33+. The zero-order valence-corrected chi connectivity index (χ0v) is 35.2. The fourth-order valence-electron chi connectivity index (χ4n) is 7.46. The quantitative estimate of drug-likeness (QED) is 0.0371. The molecule has 0 heterocycles. The average molecular weight is 736 g/mol. The van der Waals surface area contributed by atoms with Gasteiger partial charge in [-0.3, -0.25) is 4.79 Å². The molecule has 0 aliphatic carbocycles. The van der Waals surface area contributed by atoms with E-state index in [9.17, 15) is 20.1 Å². The number of allylic oxidation sites excluding steroid dienone is 2. The Morgan fingerprint density at radius 3 is 1.12 bits per heavy atom. The number of carbonyl (C=O) groups is 1. The van der Waals surface area contributed by atoms with Crippen LogP contribution >= 0.6 is 0 Å². The second-order valence-electron chi connectivity index (χ2n) is 16.3. The Morgan fingerprint density at radius 2 is 0.769 bits per heavy atom. The van der Waals surface area contributed by atoms with E-state index in [4.69, 9.17) is 0 Å². The SMILES string of the molecule is CCCCCCCCCCCCCCC/C=C/CCCC(O)C(O)C(CO)NC(=O)CCCCCCCCCCCCCCCCCCCCCC. The molecule has 0 spiro atoms. The van der Waals surface area contributed by atoms with Gasteiger partial charge in [0.1, 0.15) is 6.10 Å². The molecule has 0 bridgehead atoms. The minimum Gasteiger partial charge on any atom is -0.394 e. The average Bonchev–Trinajstić information content (AvgIpc) is 3.15. The molecule has 0 aromatic rings. The topological polar surface area (TPSA) is 89.8 Å². The van der Waals surface area contributed by atoms with Crippen molar-refractivity contribution in [3.8, 4) is 0 Å². The molecule has 5 nitrogen and oxygen atoms in total. The molecule has 52 heavy (non-hydrogen) atoms. The maximum Gasteiger partial charge on any atom is 0.220 e. The van der Waals surface area contributed by atoms with Crippen LogP contribution in [0, 0.1) is 0 Å². The Morgan fingerprint density at radius 1 is 0.462 bits per heavy atom. The van der Waals surface area contributed by atoms with E-state index < -0.39 is 18.2 Å². The molecule has 0 aromatic carbocycles. The molecule has 0 radical (unpaired) electrons. The van der Waals surface area contributed by atoms with Crippen LogP contribution < -0.4 is 5.32 Å². The molecule has 0 rings (SSSR count). The van der Waals surface area contributed by atoms with E-state index in [0.29, 0.717) is 12.8 Å². The van der Waals surface area contributed by atoms with Gasteiger partial charge in [-0.1, -0.05) is 225 Å². The maximum absolute atomic E-state index is 12.4. The smallest absolute Gasteiger partial charge is 0.220 e.